The Bertz CT molecular complexity index is 349. The standard InChI is InChI=1S/C11H17ClN2O/c1-10-8-11(15)14(13-9-10)7-5-3-2-4-6-12/h8-9H,2-7H2,1H3. The lowest BCUT2D eigenvalue weighted by atomic mass is 10.2. The molecule has 0 fully saturated rings. The molecule has 0 radical (unpaired) electrons. The van der Waals surface area contributed by atoms with Crippen LogP contribution in [0.3, 0.4) is 0 Å². The van der Waals surface area contributed by atoms with Crippen LogP contribution in [-0.4, -0.2) is 15.7 Å². The van der Waals surface area contributed by atoms with E-state index in [-0.39, 0.29) is 5.56 Å². The van der Waals surface area contributed by atoms with E-state index in [1.807, 2.05) is 6.92 Å². The Morgan fingerprint density at radius 2 is 2.07 bits per heavy atom. The predicted octanol–water partition coefficient (Wildman–Crippen LogP) is 2.35. The zero-order valence-electron chi connectivity index (χ0n) is 9.08. The molecule has 1 rings (SSSR count). The second-order valence-electron chi connectivity index (χ2n) is 3.70. The van der Waals surface area contributed by atoms with E-state index in [4.69, 9.17) is 11.6 Å². The quantitative estimate of drug-likeness (QED) is 0.554. The third kappa shape index (κ3) is 4.47. The molecule has 0 aliphatic heterocycles. The maximum Gasteiger partial charge on any atom is 0.266 e. The summed E-state index contributed by atoms with van der Waals surface area (Å²) >= 11 is 5.57. The summed E-state index contributed by atoms with van der Waals surface area (Å²) in [4.78, 5) is 11.4. The largest absolute Gasteiger partial charge is 0.268 e. The fraction of sp³-hybridized carbons (Fsp3) is 0.636. The minimum atomic E-state index is -0.00709. The van der Waals surface area contributed by atoms with Gasteiger partial charge in [0.15, 0.2) is 0 Å². The highest BCUT2D eigenvalue weighted by Gasteiger charge is 1.97. The number of aromatic nitrogens is 2. The lowest BCUT2D eigenvalue weighted by Crippen LogP contribution is -2.22. The zero-order valence-corrected chi connectivity index (χ0v) is 9.83. The van der Waals surface area contributed by atoms with Crippen molar-refractivity contribution >= 4 is 11.6 Å². The van der Waals surface area contributed by atoms with Crippen LogP contribution in [0, 0.1) is 6.92 Å². The predicted molar refractivity (Wildman–Crippen MR) is 62.4 cm³/mol. The van der Waals surface area contributed by atoms with Gasteiger partial charge >= 0.3 is 0 Å². The van der Waals surface area contributed by atoms with Gasteiger partial charge in [0.25, 0.3) is 5.56 Å². The molecule has 0 saturated carbocycles. The van der Waals surface area contributed by atoms with Crippen molar-refractivity contribution in [2.75, 3.05) is 5.88 Å². The van der Waals surface area contributed by atoms with Gasteiger partial charge in [0.05, 0.1) is 6.20 Å². The van der Waals surface area contributed by atoms with Gasteiger partial charge in [-0.2, -0.15) is 5.10 Å². The third-order valence-corrected chi connectivity index (χ3v) is 2.53. The van der Waals surface area contributed by atoms with E-state index >= 15 is 0 Å². The molecule has 0 amide bonds. The van der Waals surface area contributed by atoms with Crippen LogP contribution in [0.1, 0.15) is 31.2 Å². The lowest BCUT2D eigenvalue weighted by Gasteiger charge is -2.03. The zero-order chi connectivity index (χ0) is 11.1. The lowest BCUT2D eigenvalue weighted by molar-refractivity contribution is 0.518. The van der Waals surface area contributed by atoms with Crippen LogP contribution in [0.2, 0.25) is 0 Å². The van der Waals surface area contributed by atoms with E-state index in [9.17, 15) is 4.79 Å². The molecule has 3 nitrogen and oxygen atoms in total. The monoisotopic (exact) mass is 228 g/mol. The summed E-state index contributed by atoms with van der Waals surface area (Å²) < 4.78 is 1.52. The molecule has 0 saturated heterocycles. The topological polar surface area (TPSA) is 34.9 Å². The number of rotatable bonds is 6. The summed E-state index contributed by atoms with van der Waals surface area (Å²) in [6, 6.07) is 1.62. The van der Waals surface area contributed by atoms with Gasteiger partial charge < -0.3 is 0 Å². The number of halogens is 1. The minimum absolute atomic E-state index is 0.00709. The molecule has 0 N–H and O–H groups in total. The van der Waals surface area contributed by atoms with E-state index in [0.29, 0.717) is 6.54 Å². The molecule has 4 heteroatoms. The van der Waals surface area contributed by atoms with Crippen LogP contribution in [0.4, 0.5) is 0 Å². The molecule has 1 heterocycles. The molecule has 0 aromatic carbocycles. The van der Waals surface area contributed by atoms with E-state index < -0.39 is 0 Å². The van der Waals surface area contributed by atoms with Gasteiger partial charge in [0, 0.05) is 18.5 Å². The second kappa shape index (κ2) is 6.62. The summed E-state index contributed by atoms with van der Waals surface area (Å²) in [6.07, 6.45) is 6.00. The highest BCUT2D eigenvalue weighted by atomic mass is 35.5. The van der Waals surface area contributed by atoms with Gasteiger partial charge in [-0.15, -0.1) is 11.6 Å². The molecular formula is C11H17ClN2O. The molecule has 0 aliphatic rings. The van der Waals surface area contributed by atoms with Crippen molar-refractivity contribution in [3.8, 4) is 0 Å². The first-order chi connectivity index (χ1) is 7.24. The van der Waals surface area contributed by atoms with E-state index in [1.165, 1.54) is 4.68 Å². The molecule has 0 unspecified atom stereocenters. The molecule has 0 atom stereocenters. The first kappa shape index (κ1) is 12.2. The Balaban J connectivity index is 2.34. The summed E-state index contributed by atoms with van der Waals surface area (Å²) in [5, 5.41) is 4.07. The van der Waals surface area contributed by atoms with Crippen LogP contribution < -0.4 is 5.56 Å². The fourth-order valence-corrected chi connectivity index (χ4v) is 1.59. The molecule has 15 heavy (non-hydrogen) atoms. The number of aryl methyl sites for hydroxylation is 2. The molecule has 0 bridgehead atoms. The normalized spacial score (nSPS) is 10.5. The number of alkyl halides is 1. The Hall–Kier alpha value is -0.830. The van der Waals surface area contributed by atoms with Crippen LogP contribution >= 0.6 is 11.6 Å². The summed E-state index contributed by atoms with van der Waals surface area (Å²) in [5.74, 6) is 0.725. The molecule has 1 aromatic rings. The first-order valence-corrected chi connectivity index (χ1v) is 5.87. The average molecular weight is 229 g/mol. The Morgan fingerprint density at radius 3 is 2.73 bits per heavy atom. The first-order valence-electron chi connectivity index (χ1n) is 5.34. The van der Waals surface area contributed by atoms with Gasteiger partial charge in [0.1, 0.15) is 0 Å². The average Bonchev–Trinajstić information content (AvgIpc) is 2.20. The van der Waals surface area contributed by atoms with Crippen LogP contribution in [0.25, 0.3) is 0 Å². The van der Waals surface area contributed by atoms with Crippen LogP contribution in [0.5, 0.6) is 0 Å². The molecule has 0 spiro atoms. The van der Waals surface area contributed by atoms with Gasteiger partial charge in [-0.05, 0) is 25.3 Å². The van der Waals surface area contributed by atoms with Gasteiger partial charge in [-0.1, -0.05) is 12.8 Å². The van der Waals surface area contributed by atoms with Gasteiger partial charge in [-0.25, -0.2) is 4.68 Å². The van der Waals surface area contributed by atoms with Crippen molar-refractivity contribution in [2.24, 2.45) is 0 Å². The smallest absolute Gasteiger partial charge is 0.266 e. The van der Waals surface area contributed by atoms with E-state index in [1.54, 1.807) is 12.3 Å². The Kier molecular flexibility index (Phi) is 5.40. The molecule has 84 valence electrons. The summed E-state index contributed by atoms with van der Waals surface area (Å²) in [6.45, 7) is 2.58. The van der Waals surface area contributed by atoms with Crippen LogP contribution in [0.15, 0.2) is 17.1 Å². The van der Waals surface area contributed by atoms with Gasteiger partial charge in [0.2, 0.25) is 0 Å². The van der Waals surface area contributed by atoms with E-state index in [2.05, 4.69) is 5.10 Å². The number of hydrogen-bond acceptors (Lipinski definition) is 2. The van der Waals surface area contributed by atoms with Crippen LogP contribution in [-0.2, 0) is 6.54 Å². The number of nitrogens with zero attached hydrogens (tertiary/aromatic N) is 2. The second-order valence-corrected chi connectivity index (χ2v) is 4.08. The van der Waals surface area contributed by atoms with Crippen molar-refractivity contribution in [2.45, 2.75) is 39.2 Å². The Labute approximate surface area is 95.1 Å². The third-order valence-electron chi connectivity index (χ3n) is 2.26. The highest BCUT2D eigenvalue weighted by molar-refractivity contribution is 6.17. The van der Waals surface area contributed by atoms with Crippen molar-refractivity contribution in [3.05, 3.63) is 28.2 Å². The maximum atomic E-state index is 11.4. The van der Waals surface area contributed by atoms with Crippen molar-refractivity contribution < 1.29 is 0 Å². The molecular weight excluding hydrogens is 212 g/mol. The number of unbranched alkanes of at least 4 members (excludes halogenated alkanes) is 3. The van der Waals surface area contributed by atoms with Gasteiger partial charge in [-0.3, -0.25) is 4.79 Å². The fourth-order valence-electron chi connectivity index (χ4n) is 1.40. The minimum Gasteiger partial charge on any atom is -0.268 e. The Morgan fingerprint density at radius 1 is 1.33 bits per heavy atom. The van der Waals surface area contributed by atoms with Crippen molar-refractivity contribution in [3.63, 3.8) is 0 Å². The summed E-state index contributed by atoms with van der Waals surface area (Å²) in [7, 11) is 0. The SMILES string of the molecule is Cc1cnn(CCCCCCCl)c(=O)c1. The van der Waals surface area contributed by atoms with Crippen molar-refractivity contribution in [1.29, 1.82) is 0 Å². The van der Waals surface area contributed by atoms with E-state index in [0.717, 1.165) is 37.1 Å². The highest BCUT2D eigenvalue weighted by Crippen LogP contribution is 2.01. The molecule has 1 aromatic heterocycles. The summed E-state index contributed by atoms with van der Waals surface area (Å²) in [5.41, 5.74) is 0.908. The molecule has 0 aliphatic carbocycles. The number of hydrogen-bond donors (Lipinski definition) is 0. The maximum absolute atomic E-state index is 11.4. The van der Waals surface area contributed by atoms with Crippen molar-refractivity contribution in [1.82, 2.24) is 9.78 Å².